The van der Waals surface area contributed by atoms with Crippen molar-refractivity contribution in [2.45, 2.75) is 13.3 Å². The SMILES string of the molecule is CCc1nc2cccc3c2n1-c1cc(-c2c4ccccc4c(-c4ccccc4)c4ccccc24)ccc1N3c1ccccc1. The Labute approximate surface area is 256 Å². The van der Waals surface area contributed by atoms with Crippen molar-refractivity contribution >= 4 is 49.6 Å². The van der Waals surface area contributed by atoms with Crippen LogP contribution in [0.1, 0.15) is 12.7 Å². The molecule has 0 N–H and O–H groups in total. The maximum Gasteiger partial charge on any atom is 0.114 e. The number of hydrogen-bond acceptors (Lipinski definition) is 2. The number of anilines is 3. The molecule has 0 fully saturated rings. The Balaban J connectivity index is 1.38. The molecule has 1 aromatic heterocycles. The highest BCUT2D eigenvalue weighted by atomic mass is 15.2. The molecule has 0 unspecified atom stereocenters. The molecule has 2 heterocycles. The zero-order valence-electron chi connectivity index (χ0n) is 24.4. The highest BCUT2D eigenvalue weighted by molar-refractivity contribution is 6.21. The number of aromatic nitrogens is 2. The van der Waals surface area contributed by atoms with Gasteiger partial charge in [0.15, 0.2) is 0 Å². The maximum atomic E-state index is 5.11. The smallest absolute Gasteiger partial charge is 0.114 e. The van der Waals surface area contributed by atoms with Crippen LogP contribution < -0.4 is 4.90 Å². The first-order valence-corrected chi connectivity index (χ1v) is 15.3. The standard InChI is InChI=1S/C41H29N3/c1-2-38-42-34-22-13-23-36-41(34)44(38)37-26-28(24-25-35(37)43(36)29-16-7-4-8-17-29)40-32-20-11-9-18-30(32)39(27-14-5-3-6-15-27)31-19-10-12-21-33(31)40/h3-26H,2H2,1H3. The third-order valence-electron chi connectivity index (χ3n) is 9.04. The molecule has 0 saturated carbocycles. The number of imidazole rings is 1. The molecule has 0 bridgehead atoms. The van der Waals surface area contributed by atoms with Gasteiger partial charge in [-0.15, -0.1) is 0 Å². The first-order chi connectivity index (χ1) is 21.8. The number of fused-ring (bicyclic) bond motifs is 4. The summed E-state index contributed by atoms with van der Waals surface area (Å²) < 4.78 is 2.39. The highest BCUT2D eigenvalue weighted by Crippen LogP contribution is 2.50. The fraction of sp³-hybridized carbons (Fsp3) is 0.0488. The van der Waals surface area contributed by atoms with E-state index in [-0.39, 0.29) is 0 Å². The normalized spacial score (nSPS) is 12.2. The summed E-state index contributed by atoms with van der Waals surface area (Å²) in [5, 5.41) is 5.04. The van der Waals surface area contributed by atoms with E-state index < -0.39 is 0 Å². The van der Waals surface area contributed by atoms with E-state index in [1.54, 1.807) is 0 Å². The third kappa shape index (κ3) is 3.53. The molecule has 0 aliphatic carbocycles. The summed E-state index contributed by atoms with van der Waals surface area (Å²) in [5.74, 6) is 1.08. The largest absolute Gasteiger partial charge is 0.306 e. The van der Waals surface area contributed by atoms with E-state index in [1.807, 2.05) is 0 Å². The Kier molecular flexibility index (Phi) is 5.48. The first kappa shape index (κ1) is 24.9. The minimum absolute atomic E-state index is 0.848. The highest BCUT2D eigenvalue weighted by Gasteiger charge is 2.29. The molecule has 1 aliphatic rings. The second-order valence-corrected chi connectivity index (χ2v) is 11.4. The maximum absolute atomic E-state index is 5.11. The Hall–Kier alpha value is -5.67. The van der Waals surface area contributed by atoms with Crippen molar-refractivity contribution in [3.63, 3.8) is 0 Å². The van der Waals surface area contributed by atoms with Crippen LogP contribution in [-0.2, 0) is 6.42 Å². The van der Waals surface area contributed by atoms with Gasteiger partial charge in [0.25, 0.3) is 0 Å². The van der Waals surface area contributed by atoms with Crippen LogP contribution in [0.4, 0.5) is 17.1 Å². The van der Waals surface area contributed by atoms with Crippen molar-refractivity contribution in [2.75, 3.05) is 4.90 Å². The predicted molar refractivity (Wildman–Crippen MR) is 185 cm³/mol. The van der Waals surface area contributed by atoms with Crippen molar-refractivity contribution in [2.24, 2.45) is 0 Å². The number of hydrogen-bond donors (Lipinski definition) is 0. The molecule has 0 radical (unpaired) electrons. The topological polar surface area (TPSA) is 21.1 Å². The lowest BCUT2D eigenvalue weighted by Crippen LogP contribution is -2.19. The van der Waals surface area contributed by atoms with E-state index in [0.29, 0.717) is 0 Å². The Morgan fingerprint density at radius 2 is 1.09 bits per heavy atom. The molecule has 0 saturated heterocycles. The van der Waals surface area contributed by atoms with Crippen LogP contribution >= 0.6 is 0 Å². The van der Waals surface area contributed by atoms with Gasteiger partial charge in [-0.2, -0.15) is 0 Å². The van der Waals surface area contributed by atoms with Crippen LogP contribution in [-0.4, -0.2) is 9.55 Å². The summed E-state index contributed by atoms with van der Waals surface area (Å²) in [4.78, 5) is 7.50. The average molecular weight is 564 g/mol. The summed E-state index contributed by atoms with van der Waals surface area (Å²) in [6, 6.07) is 52.7. The van der Waals surface area contributed by atoms with Gasteiger partial charge in [0.1, 0.15) is 5.82 Å². The van der Waals surface area contributed by atoms with Gasteiger partial charge in [0.05, 0.1) is 28.1 Å². The van der Waals surface area contributed by atoms with Gasteiger partial charge < -0.3 is 4.90 Å². The minimum Gasteiger partial charge on any atom is -0.306 e. The van der Waals surface area contributed by atoms with Gasteiger partial charge >= 0.3 is 0 Å². The van der Waals surface area contributed by atoms with E-state index in [2.05, 4.69) is 162 Å². The molecular formula is C41H29N3. The van der Waals surface area contributed by atoms with Crippen molar-refractivity contribution < 1.29 is 0 Å². The fourth-order valence-corrected chi connectivity index (χ4v) is 7.22. The summed E-state index contributed by atoms with van der Waals surface area (Å²) in [6.45, 7) is 2.20. The van der Waals surface area contributed by atoms with Crippen molar-refractivity contribution in [3.05, 3.63) is 151 Å². The van der Waals surface area contributed by atoms with E-state index >= 15 is 0 Å². The second-order valence-electron chi connectivity index (χ2n) is 11.4. The van der Waals surface area contributed by atoms with Crippen molar-refractivity contribution in [1.82, 2.24) is 9.55 Å². The Morgan fingerprint density at radius 1 is 0.500 bits per heavy atom. The van der Waals surface area contributed by atoms with Gasteiger partial charge in [-0.3, -0.25) is 4.57 Å². The molecule has 8 aromatic rings. The zero-order valence-corrected chi connectivity index (χ0v) is 24.4. The van der Waals surface area contributed by atoms with E-state index in [9.17, 15) is 0 Å². The zero-order chi connectivity index (χ0) is 29.2. The van der Waals surface area contributed by atoms with E-state index in [0.717, 1.165) is 46.0 Å². The molecule has 0 spiro atoms. The summed E-state index contributed by atoms with van der Waals surface area (Å²) >= 11 is 0. The quantitative estimate of drug-likeness (QED) is 0.199. The van der Waals surface area contributed by atoms with Gasteiger partial charge in [-0.05, 0) is 80.2 Å². The monoisotopic (exact) mass is 563 g/mol. The van der Waals surface area contributed by atoms with Gasteiger partial charge in [0, 0.05) is 12.1 Å². The van der Waals surface area contributed by atoms with Crippen molar-refractivity contribution in [1.29, 1.82) is 0 Å². The van der Waals surface area contributed by atoms with Crippen LogP contribution in [0.25, 0.3) is 60.5 Å². The van der Waals surface area contributed by atoms with Crippen LogP contribution in [0, 0.1) is 0 Å². The molecule has 1 aliphatic heterocycles. The molecule has 3 nitrogen and oxygen atoms in total. The fourth-order valence-electron chi connectivity index (χ4n) is 7.22. The van der Waals surface area contributed by atoms with Crippen LogP contribution in [0.3, 0.4) is 0 Å². The second kappa shape index (κ2) is 9.68. The van der Waals surface area contributed by atoms with Gasteiger partial charge in [-0.25, -0.2) is 4.98 Å². The van der Waals surface area contributed by atoms with E-state index in [4.69, 9.17) is 4.98 Å². The predicted octanol–water partition coefficient (Wildman–Crippen LogP) is 11.0. The lowest BCUT2D eigenvalue weighted by Gasteiger charge is -2.33. The number of rotatable bonds is 4. The molecule has 0 atom stereocenters. The van der Waals surface area contributed by atoms with Crippen molar-refractivity contribution in [3.8, 4) is 27.9 Å². The molecule has 3 heteroatoms. The molecule has 208 valence electrons. The lowest BCUT2D eigenvalue weighted by atomic mass is 9.86. The van der Waals surface area contributed by atoms with Crippen LogP contribution in [0.5, 0.6) is 0 Å². The van der Waals surface area contributed by atoms with Gasteiger partial charge in [0.2, 0.25) is 0 Å². The number of para-hydroxylation sites is 2. The number of benzene rings is 7. The summed E-state index contributed by atoms with van der Waals surface area (Å²) in [6.07, 6.45) is 0.848. The first-order valence-electron chi connectivity index (χ1n) is 15.3. The third-order valence-corrected chi connectivity index (χ3v) is 9.04. The Bertz CT molecular complexity index is 2310. The number of nitrogens with zero attached hydrogens (tertiary/aromatic N) is 3. The van der Waals surface area contributed by atoms with Crippen LogP contribution in [0.15, 0.2) is 146 Å². The summed E-state index contributed by atoms with van der Waals surface area (Å²) in [7, 11) is 0. The molecule has 44 heavy (non-hydrogen) atoms. The van der Waals surface area contributed by atoms with E-state index in [1.165, 1.54) is 43.8 Å². The summed E-state index contributed by atoms with van der Waals surface area (Å²) in [5.41, 5.74) is 11.8. The van der Waals surface area contributed by atoms with Gasteiger partial charge in [-0.1, -0.05) is 116 Å². The molecule has 9 rings (SSSR count). The van der Waals surface area contributed by atoms with Crippen LogP contribution in [0.2, 0.25) is 0 Å². The molecule has 7 aromatic carbocycles. The lowest BCUT2D eigenvalue weighted by molar-refractivity contribution is 0.901. The minimum atomic E-state index is 0.848. The molecular weight excluding hydrogens is 534 g/mol. The molecule has 0 amide bonds. The Morgan fingerprint density at radius 3 is 1.73 bits per heavy atom. The number of aryl methyl sites for hydroxylation is 1. The average Bonchev–Trinajstić information content (AvgIpc) is 3.48.